The molecule has 0 amide bonds. The lowest BCUT2D eigenvalue weighted by Gasteiger charge is -2.10. The fraction of sp³-hybridized carbons (Fsp3) is 0.0574. The van der Waals surface area contributed by atoms with Crippen LogP contribution in [0.15, 0.2) is 401 Å². The average molecular weight is 1710 g/mol. The van der Waals surface area contributed by atoms with Crippen molar-refractivity contribution in [3.05, 3.63) is 441 Å². The van der Waals surface area contributed by atoms with E-state index < -0.39 is 0 Å². The van der Waals surface area contributed by atoms with Crippen LogP contribution in [0.1, 0.15) is 40.1 Å². The molecule has 28 aromatic rings. The molecule has 133 heavy (non-hydrogen) atoms. The second-order valence-electron chi connectivity index (χ2n) is 34.0. The zero-order chi connectivity index (χ0) is 89.7. The Morgan fingerprint density at radius 2 is 0.293 bits per heavy atom. The van der Waals surface area contributed by atoms with Crippen LogP contribution in [0.25, 0.3) is 227 Å². The summed E-state index contributed by atoms with van der Waals surface area (Å²) < 4.78 is 0. The van der Waals surface area contributed by atoms with Crippen molar-refractivity contribution in [3.63, 3.8) is 0 Å². The molecule has 0 saturated carbocycles. The van der Waals surface area contributed by atoms with Crippen LogP contribution in [0, 0.1) is 48.5 Å². The molecule has 0 unspecified atom stereocenters. The first-order chi connectivity index (χ1) is 65.4. The molecule has 7 heterocycles. The van der Waals surface area contributed by atoms with Crippen molar-refractivity contribution in [2.24, 2.45) is 0 Å². The van der Waals surface area contributed by atoms with Crippen LogP contribution in [-0.4, -0.2) is 54.8 Å². The van der Waals surface area contributed by atoms with E-state index in [0.717, 1.165) is 89.5 Å². The lowest BCUT2D eigenvalue weighted by Crippen LogP contribution is -1.90. The minimum absolute atomic E-state index is 0.813. The van der Waals surface area contributed by atoms with Crippen LogP contribution in [0.5, 0.6) is 0 Å². The zero-order valence-corrected chi connectivity index (χ0v) is 74.5. The molecule has 7 aromatic heterocycles. The number of pyridine rings is 3. The predicted molar refractivity (Wildman–Crippen MR) is 562 cm³/mol. The molecule has 0 aliphatic heterocycles. The van der Waals surface area contributed by atoms with Gasteiger partial charge in [-0.3, -0.25) is 24.9 Å². The van der Waals surface area contributed by atoms with Gasteiger partial charge < -0.3 is 0 Å². The first kappa shape index (κ1) is 81.6. The number of aromatic nitrogens is 11. The molecule has 0 aliphatic rings. The number of fused-ring (bicyclic) bond motifs is 42. The second-order valence-corrected chi connectivity index (χ2v) is 34.0. The molecule has 630 valence electrons. The highest BCUT2D eigenvalue weighted by Gasteiger charge is 2.18. The van der Waals surface area contributed by atoms with Gasteiger partial charge in [-0.2, -0.15) is 0 Å². The number of nitrogens with zero attached hydrogens (tertiary/aromatic N) is 11. The highest BCUT2D eigenvalue weighted by molar-refractivity contribution is 6.30. The molecule has 0 fully saturated rings. The molecule has 0 spiro atoms. The highest BCUT2D eigenvalue weighted by atomic mass is 14.9. The van der Waals surface area contributed by atoms with Gasteiger partial charge >= 0.3 is 0 Å². The van der Waals surface area contributed by atoms with Crippen molar-refractivity contribution in [2.45, 2.75) is 48.5 Å². The predicted octanol–water partition coefficient (Wildman–Crippen LogP) is 31.5. The van der Waals surface area contributed by atoms with E-state index in [1.165, 1.54) is 178 Å². The third kappa shape index (κ3) is 15.0. The molecule has 0 saturated heterocycles. The van der Waals surface area contributed by atoms with Crippen LogP contribution >= 0.6 is 0 Å². The number of hydrogen-bond donors (Lipinski definition) is 0. The third-order valence-electron chi connectivity index (χ3n) is 25.5. The Kier molecular flexibility index (Phi) is 21.3. The molecule has 28 rings (SSSR count). The first-order valence-electron chi connectivity index (χ1n) is 45.0. The van der Waals surface area contributed by atoms with Crippen molar-refractivity contribution >= 4 is 227 Å². The van der Waals surface area contributed by atoms with Gasteiger partial charge in [0, 0.05) is 119 Å². The lowest BCUT2D eigenvalue weighted by atomic mass is 9.95. The summed E-state index contributed by atoms with van der Waals surface area (Å²) in [5.41, 5.74) is 12.2. The van der Waals surface area contributed by atoms with E-state index in [2.05, 4.69) is 404 Å². The maximum atomic E-state index is 4.75. The Labute approximate surface area is 766 Å². The molecule has 0 aliphatic carbocycles. The van der Waals surface area contributed by atoms with Gasteiger partial charge in [-0.25, -0.2) is 29.9 Å². The van der Waals surface area contributed by atoms with Crippen LogP contribution < -0.4 is 0 Å². The summed E-state index contributed by atoms with van der Waals surface area (Å²) in [4.78, 5) is 50.3. The molecule has 11 nitrogen and oxygen atoms in total. The summed E-state index contributed by atoms with van der Waals surface area (Å²) in [5, 5.41) is 43.6. The fourth-order valence-electron chi connectivity index (χ4n) is 19.6. The van der Waals surface area contributed by atoms with Gasteiger partial charge in [0.05, 0.1) is 50.0 Å². The zero-order valence-electron chi connectivity index (χ0n) is 74.5. The summed E-state index contributed by atoms with van der Waals surface area (Å²) in [6.45, 7) is 14.0. The second kappa shape index (κ2) is 34.8. The Morgan fingerprint density at radius 3 is 0.556 bits per heavy atom. The van der Waals surface area contributed by atoms with Gasteiger partial charge in [0.2, 0.25) is 0 Å². The largest absolute Gasteiger partial charge is 0.261 e. The summed E-state index contributed by atoms with van der Waals surface area (Å²) in [5.74, 6) is 1.63. The maximum Gasteiger partial charge on any atom is 0.125 e. The van der Waals surface area contributed by atoms with E-state index in [1.54, 1.807) is 0 Å². The first-order valence-corrected chi connectivity index (χ1v) is 45.0. The standard InChI is InChI=1S/3C18H13N.4C17H12N2/c2*1-12-10-17-15-8-4-2-6-13(15)14-7-3-5-9-16(14)18(17)11-19-12;1-12-10-11-17-15-8-3-2-6-13(15)14-7-4-5-9-16(14)18(17)19-12;2*1-11-10-18-16-14-8-4-2-6-12(14)13-7-3-5-9-15(13)17(16)19-11;2*1-11-18-10-16-14-8-3-2-6-12(14)13-7-4-5-9-15(13)17(16)19-11/h3*2-11H,1H3;4*2-10H,1H3. The number of rotatable bonds is 0. The summed E-state index contributed by atoms with van der Waals surface area (Å²) in [6, 6.07) is 127. The number of hydrogen-bond acceptors (Lipinski definition) is 11. The Morgan fingerprint density at radius 1 is 0.113 bits per heavy atom. The van der Waals surface area contributed by atoms with Gasteiger partial charge in [0.25, 0.3) is 0 Å². The molecule has 21 aromatic carbocycles. The van der Waals surface area contributed by atoms with Gasteiger partial charge in [-0.15, -0.1) is 0 Å². The quantitative estimate of drug-likeness (QED) is 0.134. The molecule has 0 radical (unpaired) electrons. The molecule has 11 heteroatoms. The van der Waals surface area contributed by atoms with Gasteiger partial charge in [0.15, 0.2) is 0 Å². The van der Waals surface area contributed by atoms with E-state index in [-0.39, 0.29) is 0 Å². The Hall–Kier alpha value is -17.2. The van der Waals surface area contributed by atoms with Crippen molar-refractivity contribution in [3.8, 4) is 0 Å². The molecular weight excluding hydrogens is 1620 g/mol. The van der Waals surface area contributed by atoms with Crippen LogP contribution in [0.2, 0.25) is 0 Å². The highest BCUT2D eigenvalue weighted by Crippen LogP contribution is 2.42. The smallest absolute Gasteiger partial charge is 0.125 e. The monoisotopic (exact) mass is 1710 g/mol. The van der Waals surface area contributed by atoms with Gasteiger partial charge in [0.1, 0.15) is 11.6 Å². The molecular formula is C122H87N11. The number of benzene rings is 21. The van der Waals surface area contributed by atoms with Crippen LogP contribution in [0.3, 0.4) is 0 Å². The van der Waals surface area contributed by atoms with Crippen LogP contribution in [-0.2, 0) is 0 Å². The SMILES string of the molecule is Cc1cc2c3ccccc3c3ccccc3c2cn1.Cc1cc2c3ccccc3c3ccccc3c2cn1.Cc1ccc2c3ccccc3c3ccccc3c2n1.Cc1cnc2c3ccccc3c3ccccc3c2n1.Cc1cnc2c3ccccc3c3ccccc3c2n1.Cc1ncc2c3ccccc3c3ccccc3c2n1.Cc1ncc2c3ccccc3c3ccccc3c2n1. The van der Waals surface area contributed by atoms with Crippen LogP contribution in [0.4, 0.5) is 0 Å². The maximum absolute atomic E-state index is 4.75. The topological polar surface area (TPSA) is 142 Å². The summed E-state index contributed by atoms with van der Waals surface area (Å²) in [6.07, 6.45) is 11.5. The van der Waals surface area contributed by atoms with Crippen molar-refractivity contribution in [2.75, 3.05) is 0 Å². The van der Waals surface area contributed by atoms with Crippen molar-refractivity contribution in [1.29, 1.82) is 0 Å². The normalized spacial score (nSPS) is 11.4. The Bertz CT molecular complexity index is 7770. The summed E-state index contributed by atoms with van der Waals surface area (Å²) in [7, 11) is 0. The lowest BCUT2D eigenvalue weighted by molar-refractivity contribution is 1.10. The van der Waals surface area contributed by atoms with Crippen molar-refractivity contribution in [1.82, 2.24) is 54.8 Å². The van der Waals surface area contributed by atoms with E-state index in [1.807, 2.05) is 85.6 Å². The van der Waals surface area contributed by atoms with E-state index >= 15 is 0 Å². The third-order valence-corrected chi connectivity index (χ3v) is 25.5. The average Bonchev–Trinajstić information content (AvgIpc) is 0.783. The van der Waals surface area contributed by atoms with E-state index in [4.69, 9.17) is 15.0 Å². The van der Waals surface area contributed by atoms with E-state index in [0.29, 0.717) is 0 Å². The fourth-order valence-corrected chi connectivity index (χ4v) is 19.6. The number of aryl methyl sites for hydroxylation is 7. The minimum Gasteiger partial charge on any atom is -0.261 e. The van der Waals surface area contributed by atoms with Gasteiger partial charge in [-0.1, -0.05) is 346 Å². The van der Waals surface area contributed by atoms with Gasteiger partial charge in [-0.05, 0) is 191 Å². The molecule has 0 bridgehead atoms. The Balaban J connectivity index is 0.0000000905. The minimum atomic E-state index is 0.813. The molecule has 0 atom stereocenters. The van der Waals surface area contributed by atoms with E-state index in [9.17, 15) is 0 Å². The van der Waals surface area contributed by atoms with Crippen molar-refractivity contribution < 1.29 is 0 Å². The molecule has 0 N–H and O–H groups in total. The summed E-state index contributed by atoms with van der Waals surface area (Å²) >= 11 is 0.